The summed E-state index contributed by atoms with van der Waals surface area (Å²) in [6, 6.07) is 0. The molecule has 0 aromatic heterocycles. The molecule has 2 aliphatic heterocycles. The maximum absolute atomic E-state index is 13.4. The Kier molecular flexibility index (Phi) is 6.80. The molecular weight excluding hydrogens is 384 g/mol. The number of fused-ring (bicyclic) bond motifs is 4. The van der Waals surface area contributed by atoms with Gasteiger partial charge >= 0.3 is 5.97 Å². The second-order valence-corrected chi connectivity index (χ2v) is 10.2. The van der Waals surface area contributed by atoms with Crippen LogP contribution in [0.3, 0.4) is 0 Å². The third-order valence-corrected chi connectivity index (χ3v) is 7.68. The molecule has 3 fully saturated rings. The van der Waals surface area contributed by atoms with E-state index in [-0.39, 0.29) is 42.5 Å². The smallest absolute Gasteiger partial charge is 0.306 e. The van der Waals surface area contributed by atoms with Crippen molar-refractivity contribution in [3.63, 3.8) is 0 Å². The minimum Gasteiger partial charge on any atom is -0.457 e. The number of carbonyl (C=O) groups excluding carboxylic acids is 2. The zero-order valence-corrected chi connectivity index (χ0v) is 18.9. The average Bonchev–Trinajstić information content (AvgIpc) is 2.65. The summed E-state index contributed by atoms with van der Waals surface area (Å²) in [5, 5.41) is 21.0. The number of ketones is 1. The topological polar surface area (TPSA) is 93.1 Å². The molecule has 2 saturated heterocycles. The molecule has 8 atom stereocenters. The Hall–Kier alpha value is -1.24. The molecule has 0 radical (unpaired) electrons. The van der Waals surface area contributed by atoms with Crippen molar-refractivity contribution < 1.29 is 29.3 Å². The Morgan fingerprint density at radius 3 is 2.70 bits per heavy atom. The molecule has 3 aliphatic rings. The van der Waals surface area contributed by atoms with Gasteiger partial charge in [-0.25, -0.2) is 0 Å². The van der Waals surface area contributed by atoms with Crippen LogP contribution in [0.5, 0.6) is 0 Å². The minimum atomic E-state index is -1.27. The molecule has 0 amide bonds. The first-order valence-electron chi connectivity index (χ1n) is 11.4. The first-order chi connectivity index (χ1) is 14.0. The van der Waals surface area contributed by atoms with E-state index in [4.69, 9.17) is 9.47 Å². The molecule has 6 nitrogen and oxygen atoms in total. The molecule has 0 aromatic carbocycles. The number of allylic oxidation sites excluding steroid dienone is 1. The summed E-state index contributed by atoms with van der Waals surface area (Å²) in [7, 11) is 0. The van der Waals surface area contributed by atoms with E-state index < -0.39 is 29.3 Å². The summed E-state index contributed by atoms with van der Waals surface area (Å²) in [6.45, 7) is 11.7. The first kappa shape index (κ1) is 23.4. The molecule has 2 bridgehead atoms. The van der Waals surface area contributed by atoms with Crippen molar-refractivity contribution in [2.75, 3.05) is 6.61 Å². The number of carbonyl (C=O) groups is 2. The van der Waals surface area contributed by atoms with Crippen LogP contribution in [0.25, 0.3) is 0 Å². The molecule has 0 aromatic rings. The van der Waals surface area contributed by atoms with Crippen LogP contribution in [0.15, 0.2) is 12.2 Å². The van der Waals surface area contributed by atoms with Gasteiger partial charge in [0.25, 0.3) is 0 Å². The summed E-state index contributed by atoms with van der Waals surface area (Å²) in [6.07, 6.45) is 2.64. The number of rotatable bonds is 5. The van der Waals surface area contributed by atoms with Gasteiger partial charge in [-0.15, -0.1) is 0 Å². The van der Waals surface area contributed by atoms with Gasteiger partial charge in [0.2, 0.25) is 0 Å². The molecule has 6 heteroatoms. The van der Waals surface area contributed by atoms with Crippen LogP contribution in [0.2, 0.25) is 0 Å². The van der Waals surface area contributed by atoms with Crippen molar-refractivity contribution in [1.29, 1.82) is 0 Å². The summed E-state index contributed by atoms with van der Waals surface area (Å²) >= 11 is 0. The van der Waals surface area contributed by atoms with Crippen molar-refractivity contribution >= 4 is 11.8 Å². The number of Topliss-reactive ketones (excluding diaryl/α,β-unsaturated/α-hetero) is 1. The SMILES string of the molecule is C=C1CC[C@H]([C@@H](C)CO)[C@@H]2[C@H]1C(=O)C[C@@](C)(O)[C@H]1CC[C@@](C)(OC(=O)CCC)[C@@H]2O1. The third-order valence-electron chi connectivity index (χ3n) is 7.68. The molecule has 3 rings (SSSR count). The number of ether oxygens (including phenoxy) is 2. The lowest BCUT2D eigenvalue weighted by Gasteiger charge is -2.56. The highest BCUT2D eigenvalue weighted by Crippen LogP contribution is 2.52. The summed E-state index contributed by atoms with van der Waals surface area (Å²) in [4.78, 5) is 25.9. The normalized spacial score (nSPS) is 42.7. The predicted molar refractivity (Wildman–Crippen MR) is 113 cm³/mol. The van der Waals surface area contributed by atoms with Crippen molar-refractivity contribution in [2.45, 2.75) is 96.1 Å². The molecule has 170 valence electrons. The standard InChI is InChI=1S/C24H38O6/c1-6-7-19(27)30-24(5)11-10-18-23(4,28)12-17(26)20-14(2)8-9-16(15(3)13-25)21(20)22(24)29-18/h15-16,18,20-22,25,28H,2,6-13H2,1,3-5H3/t15-,16+,18+,20+,21+,22+,23+,24+/m0/s1. The van der Waals surface area contributed by atoms with Crippen molar-refractivity contribution in [3.8, 4) is 0 Å². The fourth-order valence-electron chi connectivity index (χ4n) is 5.97. The van der Waals surface area contributed by atoms with Crippen LogP contribution in [-0.4, -0.2) is 52.0 Å². The summed E-state index contributed by atoms with van der Waals surface area (Å²) in [5.74, 6) is -0.951. The molecule has 1 saturated carbocycles. The fraction of sp³-hybridized carbons (Fsp3) is 0.833. The highest BCUT2D eigenvalue weighted by atomic mass is 16.6. The lowest BCUT2D eigenvalue weighted by atomic mass is 9.57. The average molecular weight is 423 g/mol. The van der Waals surface area contributed by atoms with Crippen LogP contribution >= 0.6 is 0 Å². The third kappa shape index (κ3) is 4.23. The van der Waals surface area contributed by atoms with Crippen molar-refractivity contribution in [2.24, 2.45) is 23.7 Å². The zero-order valence-electron chi connectivity index (χ0n) is 18.9. The van der Waals surface area contributed by atoms with E-state index >= 15 is 0 Å². The van der Waals surface area contributed by atoms with E-state index in [1.54, 1.807) is 6.92 Å². The van der Waals surface area contributed by atoms with Gasteiger partial charge in [-0.05, 0) is 57.8 Å². The van der Waals surface area contributed by atoms with E-state index in [2.05, 4.69) is 6.58 Å². The Bertz CT molecular complexity index is 685. The van der Waals surface area contributed by atoms with E-state index in [9.17, 15) is 19.8 Å². The van der Waals surface area contributed by atoms with E-state index in [0.29, 0.717) is 32.1 Å². The molecule has 0 spiro atoms. The largest absolute Gasteiger partial charge is 0.457 e. The number of aliphatic hydroxyl groups excluding tert-OH is 1. The highest BCUT2D eigenvalue weighted by molar-refractivity contribution is 5.85. The van der Waals surface area contributed by atoms with Gasteiger partial charge in [-0.1, -0.05) is 26.0 Å². The van der Waals surface area contributed by atoms with Gasteiger partial charge in [0.1, 0.15) is 17.5 Å². The van der Waals surface area contributed by atoms with Crippen LogP contribution in [0.1, 0.15) is 72.6 Å². The van der Waals surface area contributed by atoms with E-state index in [0.717, 1.165) is 12.0 Å². The lowest BCUT2D eigenvalue weighted by molar-refractivity contribution is -0.256. The number of esters is 1. The van der Waals surface area contributed by atoms with E-state index in [1.165, 1.54) is 0 Å². The summed E-state index contributed by atoms with van der Waals surface area (Å²) in [5.41, 5.74) is -1.30. The molecule has 30 heavy (non-hydrogen) atoms. The minimum absolute atomic E-state index is 0.0158. The van der Waals surface area contributed by atoms with Gasteiger partial charge in [0, 0.05) is 31.3 Å². The molecule has 2 N–H and O–H groups in total. The van der Waals surface area contributed by atoms with Crippen LogP contribution in [-0.2, 0) is 19.1 Å². The number of aliphatic hydroxyl groups is 2. The number of hydrogen-bond acceptors (Lipinski definition) is 6. The quantitative estimate of drug-likeness (QED) is 0.522. The van der Waals surface area contributed by atoms with Gasteiger partial charge in [0.15, 0.2) is 0 Å². The fourth-order valence-corrected chi connectivity index (χ4v) is 5.97. The Morgan fingerprint density at radius 2 is 2.07 bits per heavy atom. The van der Waals surface area contributed by atoms with Gasteiger partial charge < -0.3 is 19.7 Å². The zero-order chi connectivity index (χ0) is 22.3. The molecule has 2 heterocycles. The van der Waals surface area contributed by atoms with Gasteiger partial charge in [-0.3, -0.25) is 9.59 Å². The van der Waals surface area contributed by atoms with Gasteiger partial charge in [0.05, 0.1) is 11.7 Å². The molecular formula is C24H38O6. The van der Waals surface area contributed by atoms with Crippen LogP contribution < -0.4 is 0 Å². The van der Waals surface area contributed by atoms with Crippen LogP contribution in [0, 0.1) is 23.7 Å². The Balaban J connectivity index is 2.08. The Labute approximate surface area is 180 Å². The van der Waals surface area contributed by atoms with Gasteiger partial charge in [-0.2, -0.15) is 0 Å². The van der Waals surface area contributed by atoms with E-state index in [1.807, 2.05) is 20.8 Å². The second-order valence-electron chi connectivity index (χ2n) is 10.2. The maximum Gasteiger partial charge on any atom is 0.306 e. The maximum atomic E-state index is 13.4. The number of hydrogen-bond donors (Lipinski definition) is 2. The second kappa shape index (κ2) is 8.71. The first-order valence-corrected chi connectivity index (χ1v) is 11.4. The molecule has 1 aliphatic carbocycles. The monoisotopic (exact) mass is 422 g/mol. The lowest BCUT2D eigenvalue weighted by Crippen LogP contribution is -2.64. The highest BCUT2D eigenvalue weighted by Gasteiger charge is 2.59. The Morgan fingerprint density at radius 1 is 1.37 bits per heavy atom. The summed E-state index contributed by atoms with van der Waals surface area (Å²) < 4.78 is 12.5. The van der Waals surface area contributed by atoms with Crippen LogP contribution in [0.4, 0.5) is 0 Å². The van der Waals surface area contributed by atoms with Crippen molar-refractivity contribution in [1.82, 2.24) is 0 Å². The molecule has 0 unspecified atom stereocenters. The van der Waals surface area contributed by atoms with Crippen molar-refractivity contribution in [3.05, 3.63) is 12.2 Å². The predicted octanol–water partition coefficient (Wildman–Crippen LogP) is 3.19.